The van der Waals surface area contributed by atoms with Gasteiger partial charge in [0.25, 0.3) is 5.91 Å². The summed E-state index contributed by atoms with van der Waals surface area (Å²) in [5, 5.41) is 21.9. The highest BCUT2D eigenvalue weighted by atomic mass is 16.5. The maximum Gasteiger partial charge on any atom is 0.323 e. The number of hydroxylamine groups is 2. The lowest BCUT2D eigenvalue weighted by atomic mass is 9.97. The third-order valence-electron chi connectivity index (χ3n) is 4.96. The first-order valence-electron chi connectivity index (χ1n) is 9.89. The third kappa shape index (κ3) is 5.61. The van der Waals surface area contributed by atoms with Crippen molar-refractivity contribution in [3.8, 4) is 5.75 Å². The Morgan fingerprint density at radius 1 is 1.19 bits per heavy atom. The number of benzene rings is 2. The zero-order chi connectivity index (χ0) is 23.1. The average molecular weight is 441 g/mol. The number of carbonyl (C=O) groups is 4. The number of nitrogens with one attached hydrogen (secondary N) is 1. The third-order valence-corrected chi connectivity index (χ3v) is 4.96. The minimum Gasteiger partial charge on any atom is -0.489 e. The number of rotatable bonds is 9. The molecule has 0 saturated heterocycles. The second-order valence-corrected chi connectivity index (χ2v) is 7.27. The van der Waals surface area contributed by atoms with Crippen LogP contribution in [0.15, 0.2) is 54.6 Å². The smallest absolute Gasteiger partial charge is 0.323 e. The first kappa shape index (κ1) is 22.8. The number of para-hydroxylation sites is 2. The van der Waals surface area contributed by atoms with Gasteiger partial charge in [0.1, 0.15) is 24.9 Å². The van der Waals surface area contributed by atoms with Crippen molar-refractivity contribution in [2.45, 2.75) is 12.5 Å². The number of ether oxygens (including phenoxy) is 1. The number of aliphatic carboxylic acids is 1. The molecule has 3 amide bonds. The van der Waals surface area contributed by atoms with E-state index in [1.54, 1.807) is 48.5 Å². The van der Waals surface area contributed by atoms with Crippen LogP contribution in [0.1, 0.15) is 5.56 Å². The van der Waals surface area contributed by atoms with Crippen LogP contribution in [0.2, 0.25) is 0 Å². The van der Waals surface area contributed by atoms with E-state index in [0.29, 0.717) is 16.5 Å². The highest BCUT2D eigenvalue weighted by Gasteiger charge is 2.35. The van der Waals surface area contributed by atoms with E-state index in [-0.39, 0.29) is 26.0 Å². The second-order valence-electron chi connectivity index (χ2n) is 7.27. The van der Waals surface area contributed by atoms with Crippen LogP contribution in [0, 0.1) is 5.92 Å². The molecule has 2 atom stereocenters. The molecule has 2 aromatic rings. The molecule has 1 aliphatic heterocycles. The van der Waals surface area contributed by atoms with Gasteiger partial charge in [-0.15, -0.1) is 0 Å². The van der Waals surface area contributed by atoms with E-state index in [0.717, 1.165) is 10.5 Å². The van der Waals surface area contributed by atoms with Crippen molar-refractivity contribution in [1.82, 2.24) is 10.4 Å². The Morgan fingerprint density at radius 2 is 1.88 bits per heavy atom. The van der Waals surface area contributed by atoms with E-state index in [4.69, 9.17) is 4.74 Å². The fourth-order valence-electron chi connectivity index (χ4n) is 3.45. The standard InChI is InChI=1S/C22H23N3O7/c26-14-24(31)11-16(10-15-6-2-1-3-7-15)21(29)23-17-13-32-19-9-5-4-8-18(19)25(22(17)30)12-20(27)28/h1-9,14,16-17,31H,10-13H2,(H,23,29)(H,27,28)/t16-,17-/m0/s1. The number of nitrogens with zero attached hydrogens (tertiary/aromatic N) is 2. The van der Waals surface area contributed by atoms with E-state index in [1.807, 2.05) is 6.07 Å². The van der Waals surface area contributed by atoms with Gasteiger partial charge in [-0.25, -0.2) is 5.06 Å². The zero-order valence-electron chi connectivity index (χ0n) is 17.1. The lowest BCUT2D eigenvalue weighted by molar-refractivity contribution is -0.154. The van der Waals surface area contributed by atoms with Gasteiger partial charge in [-0.05, 0) is 24.1 Å². The summed E-state index contributed by atoms with van der Waals surface area (Å²) in [6, 6.07) is 14.4. The SMILES string of the molecule is O=CN(O)C[C@H](Cc1ccccc1)C(=O)N[C@H]1COc2ccccc2N(CC(=O)O)C1=O. The number of anilines is 1. The predicted molar refractivity (Wildman–Crippen MR) is 112 cm³/mol. The van der Waals surface area contributed by atoms with E-state index in [1.165, 1.54) is 0 Å². The van der Waals surface area contributed by atoms with Crippen molar-refractivity contribution < 1.29 is 34.2 Å². The molecule has 0 unspecified atom stereocenters. The van der Waals surface area contributed by atoms with Crippen LogP contribution in [-0.4, -0.2) is 65.3 Å². The molecule has 0 fully saturated rings. The molecule has 32 heavy (non-hydrogen) atoms. The first-order valence-corrected chi connectivity index (χ1v) is 9.89. The fourth-order valence-corrected chi connectivity index (χ4v) is 3.45. The predicted octanol–water partition coefficient (Wildman–Crippen LogP) is 0.688. The molecular formula is C22H23N3O7. The van der Waals surface area contributed by atoms with Gasteiger partial charge in [-0.2, -0.15) is 0 Å². The van der Waals surface area contributed by atoms with Gasteiger partial charge in [0, 0.05) is 0 Å². The summed E-state index contributed by atoms with van der Waals surface area (Å²) >= 11 is 0. The van der Waals surface area contributed by atoms with Crippen molar-refractivity contribution >= 4 is 29.9 Å². The molecule has 10 heteroatoms. The van der Waals surface area contributed by atoms with E-state index in [9.17, 15) is 29.5 Å². The summed E-state index contributed by atoms with van der Waals surface area (Å²) in [5.74, 6) is -2.98. The Bertz CT molecular complexity index is 982. The lowest BCUT2D eigenvalue weighted by Crippen LogP contribution is -2.53. The van der Waals surface area contributed by atoms with Crippen LogP contribution >= 0.6 is 0 Å². The minimum absolute atomic E-state index is 0.191. The van der Waals surface area contributed by atoms with Crippen LogP contribution in [0.25, 0.3) is 0 Å². The maximum atomic E-state index is 13.1. The minimum atomic E-state index is -1.22. The summed E-state index contributed by atoms with van der Waals surface area (Å²) in [6.45, 7) is -1.09. The number of carboxylic acid groups (broad SMARTS) is 1. The number of hydrogen-bond acceptors (Lipinski definition) is 6. The summed E-state index contributed by atoms with van der Waals surface area (Å²) in [4.78, 5) is 49.4. The van der Waals surface area contributed by atoms with Gasteiger partial charge < -0.3 is 15.2 Å². The lowest BCUT2D eigenvalue weighted by Gasteiger charge is -2.25. The van der Waals surface area contributed by atoms with Gasteiger partial charge in [-0.3, -0.25) is 29.3 Å². The Balaban J connectivity index is 1.81. The van der Waals surface area contributed by atoms with Crippen LogP contribution in [-0.2, 0) is 25.6 Å². The number of amides is 3. The van der Waals surface area contributed by atoms with Crippen molar-refractivity contribution in [3.63, 3.8) is 0 Å². The van der Waals surface area contributed by atoms with Crippen molar-refractivity contribution in [1.29, 1.82) is 0 Å². The zero-order valence-corrected chi connectivity index (χ0v) is 17.1. The molecule has 1 aliphatic rings. The van der Waals surface area contributed by atoms with Crippen LogP contribution < -0.4 is 15.0 Å². The van der Waals surface area contributed by atoms with Gasteiger partial charge in [0.15, 0.2) is 0 Å². The Hall–Kier alpha value is -3.92. The Labute approximate surface area is 184 Å². The molecule has 3 rings (SSSR count). The number of fused-ring (bicyclic) bond motifs is 1. The molecular weight excluding hydrogens is 418 g/mol. The summed E-state index contributed by atoms with van der Waals surface area (Å²) in [7, 11) is 0. The molecule has 168 valence electrons. The summed E-state index contributed by atoms with van der Waals surface area (Å²) in [5.41, 5.74) is 1.09. The molecule has 0 radical (unpaired) electrons. The molecule has 3 N–H and O–H groups in total. The molecule has 0 saturated carbocycles. The summed E-state index contributed by atoms with van der Waals surface area (Å²) in [6.07, 6.45) is 0.398. The Kier molecular flexibility index (Phi) is 7.40. The molecule has 2 aromatic carbocycles. The van der Waals surface area contributed by atoms with Crippen LogP contribution in [0.4, 0.5) is 5.69 Å². The number of carbonyl (C=O) groups excluding carboxylic acids is 3. The molecule has 0 aromatic heterocycles. The normalized spacial score (nSPS) is 16.2. The van der Waals surface area contributed by atoms with Gasteiger partial charge in [0.05, 0.1) is 18.2 Å². The van der Waals surface area contributed by atoms with Crippen molar-refractivity contribution in [2.24, 2.45) is 5.92 Å². The molecule has 1 heterocycles. The van der Waals surface area contributed by atoms with Gasteiger partial charge >= 0.3 is 5.97 Å². The van der Waals surface area contributed by atoms with E-state index in [2.05, 4.69) is 5.32 Å². The largest absolute Gasteiger partial charge is 0.489 e. The number of carboxylic acids is 1. The Morgan fingerprint density at radius 3 is 2.56 bits per heavy atom. The van der Waals surface area contributed by atoms with Gasteiger partial charge in [-0.1, -0.05) is 42.5 Å². The molecule has 0 bridgehead atoms. The maximum absolute atomic E-state index is 13.1. The van der Waals surface area contributed by atoms with Crippen molar-refractivity contribution in [3.05, 3.63) is 60.2 Å². The molecule has 10 nitrogen and oxygen atoms in total. The van der Waals surface area contributed by atoms with E-state index < -0.39 is 36.3 Å². The number of hydrogen-bond donors (Lipinski definition) is 3. The van der Waals surface area contributed by atoms with E-state index >= 15 is 0 Å². The average Bonchev–Trinajstić information content (AvgIpc) is 2.91. The van der Waals surface area contributed by atoms with Crippen LogP contribution in [0.5, 0.6) is 5.75 Å². The summed E-state index contributed by atoms with van der Waals surface area (Å²) < 4.78 is 5.66. The quantitative estimate of drug-likeness (QED) is 0.296. The van der Waals surface area contributed by atoms with Crippen molar-refractivity contribution in [2.75, 3.05) is 24.6 Å². The highest BCUT2D eigenvalue weighted by molar-refractivity contribution is 6.03. The van der Waals surface area contributed by atoms with Gasteiger partial charge in [0.2, 0.25) is 12.3 Å². The highest BCUT2D eigenvalue weighted by Crippen LogP contribution is 2.31. The first-order chi connectivity index (χ1) is 15.4. The fraction of sp³-hybridized carbons (Fsp3) is 0.273. The second kappa shape index (κ2) is 10.4. The van der Waals surface area contributed by atoms with Crippen LogP contribution in [0.3, 0.4) is 0 Å². The molecule has 0 spiro atoms. The molecule has 0 aliphatic carbocycles. The monoisotopic (exact) mass is 441 g/mol. The topological polar surface area (TPSA) is 136 Å².